The molecule has 2 rings (SSSR count). The van der Waals surface area contributed by atoms with Crippen molar-refractivity contribution in [2.75, 3.05) is 13.1 Å². The summed E-state index contributed by atoms with van der Waals surface area (Å²) in [5.41, 5.74) is 1.66. The van der Waals surface area contributed by atoms with Gasteiger partial charge in [0.05, 0.1) is 17.7 Å². The molecule has 7 nitrogen and oxygen atoms in total. The van der Waals surface area contributed by atoms with Crippen LogP contribution in [0.4, 0.5) is 4.79 Å². The number of nitriles is 1. The number of aryl methyl sites for hydroxylation is 2. The number of nitrogens with zero attached hydrogens (tertiary/aromatic N) is 4. The van der Waals surface area contributed by atoms with Crippen molar-refractivity contribution in [3.63, 3.8) is 0 Å². The Balaban J connectivity index is 1.97. The molecule has 0 saturated carbocycles. The minimum atomic E-state index is -0.531. The maximum absolute atomic E-state index is 12.2. The third-order valence-corrected chi connectivity index (χ3v) is 4.02. The van der Waals surface area contributed by atoms with Crippen molar-refractivity contribution in [2.24, 2.45) is 13.0 Å². The van der Waals surface area contributed by atoms with Crippen LogP contribution in [0.15, 0.2) is 6.20 Å². The normalized spacial score (nSPS) is 20.9. The molecule has 7 heteroatoms. The second-order valence-electron chi connectivity index (χ2n) is 7.24. The van der Waals surface area contributed by atoms with E-state index in [1.165, 1.54) is 0 Å². The number of rotatable bonds is 4. The quantitative estimate of drug-likeness (QED) is 0.909. The lowest BCUT2D eigenvalue weighted by atomic mass is 10.1. The third kappa shape index (κ3) is 4.48. The first-order chi connectivity index (χ1) is 11.2. The average molecular weight is 333 g/mol. The van der Waals surface area contributed by atoms with E-state index in [9.17, 15) is 10.1 Å². The average Bonchev–Trinajstić information content (AvgIpc) is 3.06. The van der Waals surface area contributed by atoms with Gasteiger partial charge in [-0.3, -0.25) is 4.68 Å². The van der Waals surface area contributed by atoms with Gasteiger partial charge < -0.3 is 15.0 Å². The van der Waals surface area contributed by atoms with Crippen molar-refractivity contribution in [1.29, 1.82) is 5.26 Å². The van der Waals surface area contributed by atoms with Gasteiger partial charge in [-0.1, -0.05) is 6.92 Å². The Kier molecular flexibility index (Phi) is 5.50. The fourth-order valence-electron chi connectivity index (χ4n) is 2.89. The van der Waals surface area contributed by atoms with E-state index >= 15 is 0 Å². The van der Waals surface area contributed by atoms with E-state index in [2.05, 4.69) is 23.4 Å². The lowest BCUT2D eigenvalue weighted by Crippen LogP contribution is -2.38. The highest BCUT2D eigenvalue weighted by atomic mass is 16.6. The summed E-state index contributed by atoms with van der Waals surface area (Å²) < 4.78 is 7.21. The maximum atomic E-state index is 12.2. The van der Waals surface area contributed by atoms with E-state index in [1.807, 2.05) is 34.0 Å². The first-order valence-electron chi connectivity index (χ1n) is 8.35. The zero-order valence-corrected chi connectivity index (χ0v) is 15.2. The van der Waals surface area contributed by atoms with Gasteiger partial charge in [-0.25, -0.2) is 4.79 Å². The summed E-state index contributed by atoms with van der Waals surface area (Å²) in [6.45, 7) is 9.12. The largest absolute Gasteiger partial charge is 0.444 e. The number of hydrogen-bond donors (Lipinski definition) is 1. The molecule has 132 valence electrons. The summed E-state index contributed by atoms with van der Waals surface area (Å²) in [6, 6.07) is 2.24. The number of hydrogen-bond acceptors (Lipinski definition) is 5. The molecule has 0 aromatic carbocycles. The minimum absolute atomic E-state index is 0.0626. The standard InChI is InChI=1S/C17H27N5O2/c1-6-14-13(9-21(5)20-14)8-19-15-11-22(10-12(15)7-18)16(23)24-17(2,3)4/h9,12,15,19H,6,8,10-11H2,1-5H3/t12-,15-/m1/s1. The molecule has 2 heterocycles. The Bertz CT molecular complexity index is 626. The number of carbonyl (C=O) groups is 1. The summed E-state index contributed by atoms with van der Waals surface area (Å²) in [4.78, 5) is 13.8. The molecule has 24 heavy (non-hydrogen) atoms. The summed E-state index contributed by atoms with van der Waals surface area (Å²) in [5, 5.41) is 17.2. The van der Waals surface area contributed by atoms with Crippen molar-refractivity contribution < 1.29 is 9.53 Å². The monoisotopic (exact) mass is 333 g/mol. The second kappa shape index (κ2) is 7.22. The fraction of sp³-hybridized carbons (Fsp3) is 0.706. The first kappa shape index (κ1) is 18.3. The molecular formula is C17H27N5O2. The van der Waals surface area contributed by atoms with Crippen molar-refractivity contribution >= 4 is 6.09 Å². The highest BCUT2D eigenvalue weighted by Gasteiger charge is 2.37. The van der Waals surface area contributed by atoms with Crippen molar-refractivity contribution in [3.05, 3.63) is 17.5 Å². The van der Waals surface area contributed by atoms with E-state index in [4.69, 9.17) is 4.74 Å². The number of carbonyl (C=O) groups excluding carboxylic acids is 1. The van der Waals surface area contributed by atoms with Crippen LogP contribution in [-0.2, 0) is 24.8 Å². The SMILES string of the molecule is CCc1nn(C)cc1CN[C@@H]1CN(C(=O)OC(C)(C)C)C[C@H]1C#N. The zero-order valence-electron chi connectivity index (χ0n) is 15.2. The Hall–Kier alpha value is -2.07. The Morgan fingerprint density at radius 1 is 1.50 bits per heavy atom. The molecule has 0 spiro atoms. The van der Waals surface area contributed by atoms with Gasteiger partial charge in [-0.15, -0.1) is 0 Å². The van der Waals surface area contributed by atoms with Gasteiger partial charge in [0.1, 0.15) is 5.60 Å². The lowest BCUT2D eigenvalue weighted by molar-refractivity contribution is 0.0288. The van der Waals surface area contributed by atoms with E-state index in [-0.39, 0.29) is 18.1 Å². The number of aromatic nitrogens is 2. The van der Waals surface area contributed by atoms with E-state index < -0.39 is 5.60 Å². The molecule has 0 bridgehead atoms. The number of ether oxygens (including phenoxy) is 1. The van der Waals surface area contributed by atoms with Crippen molar-refractivity contribution in [1.82, 2.24) is 20.0 Å². The van der Waals surface area contributed by atoms with Gasteiger partial charge in [0, 0.05) is 44.5 Å². The molecule has 1 aromatic heterocycles. The van der Waals surface area contributed by atoms with Gasteiger partial charge in [-0.2, -0.15) is 10.4 Å². The molecule has 1 aromatic rings. The summed E-state index contributed by atoms with van der Waals surface area (Å²) >= 11 is 0. The van der Waals surface area contributed by atoms with Crippen LogP contribution in [0.5, 0.6) is 0 Å². The molecule has 1 fully saturated rings. The maximum Gasteiger partial charge on any atom is 0.410 e. The summed E-state index contributed by atoms with van der Waals surface area (Å²) in [7, 11) is 1.90. The van der Waals surface area contributed by atoms with Gasteiger partial charge >= 0.3 is 6.09 Å². The third-order valence-electron chi connectivity index (χ3n) is 4.02. The van der Waals surface area contributed by atoms with Crippen LogP contribution in [0.2, 0.25) is 0 Å². The number of nitrogens with one attached hydrogen (secondary N) is 1. The predicted molar refractivity (Wildman–Crippen MR) is 90.1 cm³/mol. The highest BCUT2D eigenvalue weighted by Crippen LogP contribution is 2.20. The second-order valence-corrected chi connectivity index (χ2v) is 7.24. The molecule has 1 amide bonds. The highest BCUT2D eigenvalue weighted by molar-refractivity contribution is 5.68. The van der Waals surface area contributed by atoms with Crippen LogP contribution >= 0.6 is 0 Å². The van der Waals surface area contributed by atoms with Crippen molar-refractivity contribution in [2.45, 2.75) is 52.3 Å². The summed E-state index contributed by atoms with van der Waals surface area (Å²) in [6.07, 6.45) is 2.50. The van der Waals surface area contributed by atoms with E-state index in [1.54, 1.807) is 9.58 Å². The molecule has 1 aliphatic rings. The van der Waals surface area contributed by atoms with Gasteiger partial charge in [0.15, 0.2) is 0 Å². The summed E-state index contributed by atoms with van der Waals surface area (Å²) in [5.74, 6) is -0.237. The molecular weight excluding hydrogens is 306 g/mol. The van der Waals surface area contributed by atoms with Crippen molar-refractivity contribution in [3.8, 4) is 6.07 Å². The van der Waals surface area contributed by atoms with Crippen LogP contribution in [0, 0.1) is 17.2 Å². The van der Waals surface area contributed by atoms with Crippen LogP contribution in [0.3, 0.4) is 0 Å². The molecule has 1 N–H and O–H groups in total. The molecule has 2 atom stereocenters. The van der Waals surface area contributed by atoms with E-state index in [0.29, 0.717) is 19.6 Å². The molecule has 0 radical (unpaired) electrons. The van der Waals surface area contributed by atoms with Crippen LogP contribution in [0.1, 0.15) is 39.0 Å². The zero-order chi connectivity index (χ0) is 17.9. The molecule has 0 aliphatic carbocycles. The van der Waals surface area contributed by atoms with Gasteiger partial charge in [-0.05, 0) is 27.2 Å². The van der Waals surface area contributed by atoms with Crippen LogP contribution in [-0.4, -0.2) is 45.5 Å². The fourth-order valence-corrected chi connectivity index (χ4v) is 2.89. The van der Waals surface area contributed by atoms with Crippen LogP contribution in [0.25, 0.3) is 0 Å². The Morgan fingerprint density at radius 3 is 2.79 bits per heavy atom. The number of amides is 1. The predicted octanol–water partition coefficient (Wildman–Crippen LogP) is 1.83. The lowest BCUT2D eigenvalue weighted by Gasteiger charge is -2.24. The van der Waals surface area contributed by atoms with Gasteiger partial charge in [0.2, 0.25) is 0 Å². The molecule has 0 unspecified atom stereocenters. The van der Waals surface area contributed by atoms with E-state index in [0.717, 1.165) is 17.7 Å². The van der Waals surface area contributed by atoms with Gasteiger partial charge in [0.25, 0.3) is 0 Å². The smallest absolute Gasteiger partial charge is 0.410 e. The molecule has 1 saturated heterocycles. The number of likely N-dealkylation sites (tertiary alicyclic amines) is 1. The molecule has 1 aliphatic heterocycles. The minimum Gasteiger partial charge on any atom is -0.444 e. The Labute approximate surface area is 143 Å². The van der Waals surface area contributed by atoms with Crippen LogP contribution < -0.4 is 5.32 Å². The topological polar surface area (TPSA) is 83.2 Å². The Morgan fingerprint density at radius 2 is 2.21 bits per heavy atom. The first-order valence-corrected chi connectivity index (χ1v) is 8.35.